The second-order valence-electron chi connectivity index (χ2n) is 7.42. The van der Waals surface area contributed by atoms with E-state index in [0.717, 1.165) is 0 Å². The molecule has 29 heavy (non-hydrogen) atoms. The molecule has 1 saturated carbocycles. The van der Waals surface area contributed by atoms with Crippen LogP contribution in [0.5, 0.6) is 0 Å². The maximum absolute atomic E-state index is 13.4. The van der Waals surface area contributed by atoms with Crippen LogP contribution in [0.2, 0.25) is 0 Å². The Morgan fingerprint density at radius 1 is 1.21 bits per heavy atom. The second kappa shape index (κ2) is 8.42. The first-order valence-electron chi connectivity index (χ1n) is 10.1. The van der Waals surface area contributed by atoms with E-state index in [4.69, 9.17) is 4.42 Å². The summed E-state index contributed by atoms with van der Waals surface area (Å²) in [6.07, 6.45) is 2.68. The van der Waals surface area contributed by atoms with Gasteiger partial charge in [0.2, 0.25) is 17.7 Å². The van der Waals surface area contributed by atoms with Crippen molar-refractivity contribution in [3.8, 4) is 11.5 Å². The Labute approximate surface area is 168 Å². The zero-order valence-corrected chi connectivity index (χ0v) is 17.0. The summed E-state index contributed by atoms with van der Waals surface area (Å²) >= 11 is 0. The van der Waals surface area contributed by atoms with Crippen molar-refractivity contribution in [2.75, 3.05) is 11.9 Å². The highest BCUT2D eigenvalue weighted by atomic mass is 19.3. The summed E-state index contributed by atoms with van der Waals surface area (Å²) in [5.41, 5.74) is -0.244. The fraction of sp³-hybridized carbons (Fsp3) is 0.600. The molecule has 1 aliphatic carbocycles. The lowest BCUT2D eigenvalue weighted by Crippen LogP contribution is -2.32. The Balaban J connectivity index is 0.00000117. The summed E-state index contributed by atoms with van der Waals surface area (Å²) in [4.78, 5) is 16.4. The molecule has 1 unspecified atom stereocenters. The number of hydrogen-bond acceptors (Lipinski definition) is 6. The van der Waals surface area contributed by atoms with Gasteiger partial charge in [-0.25, -0.2) is 13.8 Å². The van der Waals surface area contributed by atoms with Crippen LogP contribution in [0.1, 0.15) is 58.8 Å². The number of carbonyl (C=O) groups excluding carboxylic acids is 1. The average molecular weight is 407 g/mol. The van der Waals surface area contributed by atoms with Crippen molar-refractivity contribution >= 4 is 11.7 Å². The van der Waals surface area contributed by atoms with E-state index in [0.29, 0.717) is 37.2 Å². The predicted octanol–water partition coefficient (Wildman–Crippen LogP) is 3.93. The van der Waals surface area contributed by atoms with Crippen molar-refractivity contribution in [3.05, 3.63) is 24.2 Å². The maximum atomic E-state index is 13.4. The van der Waals surface area contributed by atoms with Gasteiger partial charge in [0.1, 0.15) is 11.2 Å². The number of alkyl halides is 2. The Morgan fingerprint density at radius 2 is 1.93 bits per heavy atom. The molecular formula is C20H27F2N5O2. The SMILES string of the molecule is CC.CC1(c2nnc(-c3cccnc3NC3CCC(F)(F)CC3)o2)CCNC1=O. The number of carbonyl (C=O) groups is 1. The van der Waals surface area contributed by atoms with E-state index in [-0.39, 0.29) is 36.6 Å². The van der Waals surface area contributed by atoms with Gasteiger partial charge in [-0.1, -0.05) is 13.8 Å². The molecule has 0 bridgehead atoms. The Kier molecular flexibility index (Phi) is 6.14. The minimum atomic E-state index is -2.58. The first-order valence-corrected chi connectivity index (χ1v) is 10.1. The molecule has 0 spiro atoms. The molecule has 9 heteroatoms. The zero-order chi connectivity index (χ0) is 21.1. The Morgan fingerprint density at radius 3 is 2.59 bits per heavy atom. The summed E-state index contributed by atoms with van der Waals surface area (Å²) in [5, 5.41) is 14.2. The fourth-order valence-corrected chi connectivity index (χ4v) is 3.56. The van der Waals surface area contributed by atoms with Gasteiger partial charge in [0, 0.05) is 31.6 Å². The van der Waals surface area contributed by atoms with Crippen LogP contribution in [-0.2, 0) is 10.2 Å². The Bertz CT molecular complexity index is 847. The van der Waals surface area contributed by atoms with Gasteiger partial charge < -0.3 is 15.1 Å². The van der Waals surface area contributed by atoms with Gasteiger partial charge in [0.05, 0.1) is 5.56 Å². The van der Waals surface area contributed by atoms with Gasteiger partial charge in [-0.15, -0.1) is 10.2 Å². The molecule has 1 aliphatic heterocycles. The van der Waals surface area contributed by atoms with Crippen LogP contribution >= 0.6 is 0 Å². The van der Waals surface area contributed by atoms with E-state index in [9.17, 15) is 13.6 Å². The van der Waals surface area contributed by atoms with Crippen molar-refractivity contribution in [2.45, 2.75) is 70.3 Å². The predicted molar refractivity (Wildman–Crippen MR) is 105 cm³/mol. The van der Waals surface area contributed by atoms with E-state index in [2.05, 4.69) is 25.8 Å². The van der Waals surface area contributed by atoms with E-state index < -0.39 is 11.3 Å². The van der Waals surface area contributed by atoms with Crippen LogP contribution in [0.3, 0.4) is 0 Å². The molecule has 1 atom stereocenters. The minimum absolute atomic E-state index is 0.0844. The number of nitrogens with one attached hydrogen (secondary N) is 2. The maximum Gasteiger partial charge on any atom is 0.251 e. The molecule has 4 rings (SSSR count). The summed E-state index contributed by atoms with van der Waals surface area (Å²) in [6, 6.07) is 3.43. The summed E-state index contributed by atoms with van der Waals surface area (Å²) in [6.45, 7) is 6.34. The normalized spacial score (nSPS) is 23.8. The van der Waals surface area contributed by atoms with Crippen molar-refractivity contribution in [1.82, 2.24) is 20.5 Å². The quantitative estimate of drug-likeness (QED) is 0.798. The minimum Gasteiger partial charge on any atom is -0.419 e. The lowest BCUT2D eigenvalue weighted by atomic mass is 9.89. The molecule has 0 aromatic carbocycles. The van der Waals surface area contributed by atoms with E-state index in [1.165, 1.54) is 0 Å². The summed E-state index contributed by atoms with van der Waals surface area (Å²) < 4.78 is 32.5. The van der Waals surface area contributed by atoms with E-state index in [1.54, 1.807) is 25.3 Å². The molecule has 3 heterocycles. The molecule has 158 valence electrons. The third-order valence-corrected chi connectivity index (χ3v) is 5.40. The number of amides is 1. The molecular weight excluding hydrogens is 380 g/mol. The largest absolute Gasteiger partial charge is 0.419 e. The first kappa shape index (κ1) is 21.1. The number of aromatic nitrogens is 3. The van der Waals surface area contributed by atoms with Crippen LogP contribution in [0.25, 0.3) is 11.5 Å². The first-order chi connectivity index (χ1) is 13.9. The zero-order valence-electron chi connectivity index (χ0n) is 17.0. The number of anilines is 1. The highest BCUT2D eigenvalue weighted by Crippen LogP contribution is 2.36. The molecule has 7 nitrogen and oxygen atoms in total. The highest BCUT2D eigenvalue weighted by molar-refractivity contribution is 5.88. The molecule has 2 fully saturated rings. The van der Waals surface area contributed by atoms with Crippen LogP contribution < -0.4 is 10.6 Å². The number of pyridine rings is 1. The lowest BCUT2D eigenvalue weighted by Gasteiger charge is -2.29. The average Bonchev–Trinajstić information content (AvgIpc) is 3.34. The van der Waals surface area contributed by atoms with Crippen LogP contribution in [-0.4, -0.2) is 39.6 Å². The van der Waals surface area contributed by atoms with E-state index in [1.807, 2.05) is 13.8 Å². The van der Waals surface area contributed by atoms with Gasteiger partial charge in [-0.05, 0) is 38.3 Å². The number of halogens is 2. The van der Waals surface area contributed by atoms with Crippen molar-refractivity contribution < 1.29 is 18.0 Å². The molecule has 1 amide bonds. The van der Waals surface area contributed by atoms with Gasteiger partial charge in [-0.2, -0.15) is 0 Å². The van der Waals surface area contributed by atoms with Gasteiger partial charge >= 0.3 is 0 Å². The second-order valence-corrected chi connectivity index (χ2v) is 7.42. The standard InChI is InChI=1S/C18H21F2N5O2.C2H6/c1-17(8-10-22-15(17)26)16-25-24-14(27-16)12-3-2-9-21-13(12)23-11-4-6-18(19,20)7-5-11;1-2/h2-3,9,11H,4-8,10H2,1H3,(H,21,23)(H,22,26);1-2H3. The number of hydrogen-bond donors (Lipinski definition) is 2. The summed E-state index contributed by atoms with van der Waals surface area (Å²) in [7, 11) is 0. The third-order valence-electron chi connectivity index (χ3n) is 5.40. The molecule has 2 aromatic heterocycles. The topological polar surface area (TPSA) is 92.9 Å². The monoisotopic (exact) mass is 407 g/mol. The van der Waals surface area contributed by atoms with Crippen LogP contribution in [0, 0.1) is 0 Å². The highest BCUT2D eigenvalue weighted by Gasteiger charge is 2.44. The number of rotatable bonds is 4. The molecule has 2 aromatic rings. The lowest BCUT2D eigenvalue weighted by molar-refractivity contribution is -0.124. The molecule has 2 N–H and O–H groups in total. The van der Waals surface area contributed by atoms with Crippen molar-refractivity contribution in [1.29, 1.82) is 0 Å². The van der Waals surface area contributed by atoms with Gasteiger partial charge in [-0.3, -0.25) is 4.79 Å². The van der Waals surface area contributed by atoms with Crippen molar-refractivity contribution in [3.63, 3.8) is 0 Å². The van der Waals surface area contributed by atoms with Gasteiger partial charge in [0.25, 0.3) is 5.89 Å². The molecule has 0 radical (unpaired) electrons. The number of nitrogens with zero attached hydrogens (tertiary/aromatic N) is 3. The third kappa shape index (κ3) is 4.38. The fourth-order valence-electron chi connectivity index (χ4n) is 3.56. The van der Waals surface area contributed by atoms with Gasteiger partial charge in [0.15, 0.2) is 0 Å². The molecule has 1 saturated heterocycles. The molecule has 2 aliphatic rings. The Hall–Kier alpha value is -2.58. The van der Waals surface area contributed by atoms with Crippen LogP contribution in [0.4, 0.5) is 14.6 Å². The smallest absolute Gasteiger partial charge is 0.251 e. The summed E-state index contributed by atoms with van der Waals surface area (Å²) in [5.74, 6) is -1.68. The van der Waals surface area contributed by atoms with Crippen molar-refractivity contribution in [2.24, 2.45) is 0 Å². The van der Waals surface area contributed by atoms with Crippen LogP contribution in [0.15, 0.2) is 22.7 Å². The van der Waals surface area contributed by atoms with E-state index >= 15 is 0 Å².